The molecule has 0 fully saturated rings. The zero-order valence-electron chi connectivity index (χ0n) is 12.1. The smallest absolute Gasteiger partial charge is 0.119 e. The van der Waals surface area contributed by atoms with Gasteiger partial charge < -0.3 is 4.74 Å². The van der Waals surface area contributed by atoms with Crippen molar-refractivity contribution in [2.24, 2.45) is 11.0 Å². The number of anilines is 1. The van der Waals surface area contributed by atoms with Crippen LogP contribution in [-0.4, -0.2) is 19.4 Å². The summed E-state index contributed by atoms with van der Waals surface area (Å²) in [7, 11) is 1.69. The Hall–Kier alpha value is -2.29. The molecule has 1 atom stereocenters. The van der Waals surface area contributed by atoms with Crippen LogP contribution in [0.5, 0.6) is 5.75 Å². The molecule has 1 aliphatic carbocycles. The van der Waals surface area contributed by atoms with Gasteiger partial charge in [-0.05, 0) is 42.7 Å². The predicted molar refractivity (Wildman–Crippen MR) is 85.1 cm³/mol. The molecule has 2 aromatic carbocycles. The Morgan fingerprint density at radius 3 is 2.71 bits per heavy atom. The van der Waals surface area contributed by atoms with Crippen molar-refractivity contribution in [2.45, 2.75) is 12.8 Å². The van der Waals surface area contributed by atoms with Crippen molar-refractivity contribution in [3.8, 4) is 5.75 Å². The van der Waals surface area contributed by atoms with E-state index >= 15 is 0 Å². The number of hydrogen-bond donors (Lipinski definition) is 0. The largest absolute Gasteiger partial charge is 0.497 e. The van der Waals surface area contributed by atoms with Crippen LogP contribution in [0.2, 0.25) is 0 Å². The highest BCUT2D eigenvalue weighted by atomic mass is 16.5. The summed E-state index contributed by atoms with van der Waals surface area (Å²) in [4.78, 5) is 0. The maximum Gasteiger partial charge on any atom is 0.119 e. The van der Waals surface area contributed by atoms with Crippen molar-refractivity contribution >= 4 is 11.4 Å². The van der Waals surface area contributed by atoms with Gasteiger partial charge in [-0.1, -0.05) is 24.3 Å². The molecule has 0 amide bonds. The average molecular weight is 278 g/mol. The number of fused-ring (bicyclic) bond motifs is 3. The minimum atomic E-state index is 0.557. The van der Waals surface area contributed by atoms with E-state index in [-0.39, 0.29) is 0 Å². The van der Waals surface area contributed by atoms with E-state index in [0.29, 0.717) is 5.92 Å². The summed E-state index contributed by atoms with van der Waals surface area (Å²) in [5, 5.41) is 7.01. The molecule has 3 nitrogen and oxygen atoms in total. The highest BCUT2D eigenvalue weighted by molar-refractivity contribution is 6.06. The molecule has 0 aromatic heterocycles. The molecule has 0 saturated heterocycles. The van der Waals surface area contributed by atoms with E-state index in [9.17, 15) is 0 Å². The maximum absolute atomic E-state index is 5.22. The van der Waals surface area contributed by atoms with Gasteiger partial charge in [0.15, 0.2) is 0 Å². The molecule has 3 heteroatoms. The molecule has 0 spiro atoms. The van der Waals surface area contributed by atoms with Crippen LogP contribution in [0.3, 0.4) is 0 Å². The Morgan fingerprint density at radius 2 is 1.90 bits per heavy atom. The van der Waals surface area contributed by atoms with Crippen LogP contribution in [0.25, 0.3) is 0 Å². The van der Waals surface area contributed by atoms with Crippen LogP contribution in [-0.2, 0) is 6.42 Å². The quantitative estimate of drug-likeness (QED) is 0.840. The first-order valence-corrected chi connectivity index (χ1v) is 7.43. The van der Waals surface area contributed by atoms with Crippen LogP contribution >= 0.6 is 0 Å². The Balaban J connectivity index is 1.68. The molecule has 0 radical (unpaired) electrons. The number of aryl methyl sites for hydroxylation is 1. The average Bonchev–Trinajstić information content (AvgIpc) is 2.99. The normalized spacial score (nSPS) is 19.8. The summed E-state index contributed by atoms with van der Waals surface area (Å²) >= 11 is 0. The summed E-state index contributed by atoms with van der Waals surface area (Å²) in [5.41, 5.74) is 5.16. The van der Waals surface area contributed by atoms with Gasteiger partial charge in [0.25, 0.3) is 0 Å². The van der Waals surface area contributed by atoms with E-state index in [1.807, 2.05) is 12.1 Å². The van der Waals surface area contributed by atoms with E-state index in [4.69, 9.17) is 9.84 Å². The fourth-order valence-electron chi connectivity index (χ4n) is 3.28. The molecule has 4 rings (SSSR count). The maximum atomic E-state index is 5.22. The third-order valence-corrected chi connectivity index (χ3v) is 4.43. The van der Waals surface area contributed by atoms with Crippen LogP contribution in [0, 0.1) is 5.92 Å². The first-order chi connectivity index (χ1) is 10.3. The number of ether oxygens (including phenoxy) is 1. The lowest BCUT2D eigenvalue weighted by Gasteiger charge is -2.21. The fraction of sp³-hybridized carbons (Fsp3) is 0.278. The standard InChI is InChI=1S/C18H18N2O/c1-21-16-10-8-15(9-11-16)20-12-14-7-6-13-4-2-3-5-17(13)18(14)19-20/h2-5,8-11,14H,6-7,12H2,1H3/t14-/m1/s1. The second-order valence-electron chi connectivity index (χ2n) is 5.66. The van der Waals surface area contributed by atoms with Gasteiger partial charge in [-0.2, -0.15) is 5.10 Å². The fourth-order valence-corrected chi connectivity index (χ4v) is 3.28. The van der Waals surface area contributed by atoms with Gasteiger partial charge >= 0.3 is 0 Å². The number of hydrogen-bond acceptors (Lipinski definition) is 3. The van der Waals surface area contributed by atoms with Gasteiger partial charge in [-0.25, -0.2) is 0 Å². The van der Waals surface area contributed by atoms with Gasteiger partial charge in [-0.3, -0.25) is 5.01 Å². The van der Waals surface area contributed by atoms with Gasteiger partial charge in [0.2, 0.25) is 0 Å². The number of methoxy groups -OCH3 is 1. The zero-order chi connectivity index (χ0) is 14.2. The van der Waals surface area contributed by atoms with Crippen LogP contribution in [0.4, 0.5) is 5.69 Å². The molecular formula is C18H18N2O. The van der Waals surface area contributed by atoms with Crippen molar-refractivity contribution in [3.63, 3.8) is 0 Å². The van der Waals surface area contributed by atoms with E-state index in [2.05, 4.69) is 41.4 Å². The van der Waals surface area contributed by atoms with Crippen molar-refractivity contribution < 1.29 is 4.74 Å². The molecule has 21 heavy (non-hydrogen) atoms. The van der Waals surface area contributed by atoms with Crippen molar-refractivity contribution in [2.75, 3.05) is 18.7 Å². The third-order valence-electron chi connectivity index (χ3n) is 4.43. The zero-order valence-corrected chi connectivity index (χ0v) is 12.1. The van der Waals surface area contributed by atoms with Gasteiger partial charge in [0, 0.05) is 11.5 Å². The summed E-state index contributed by atoms with van der Waals surface area (Å²) in [6.45, 7) is 0.982. The van der Waals surface area contributed by atoms with Crippen LogP contribution < -0.4 is 9.75 Å². The Kier molecular flexibility index (Phi) is 2.92. The second-order valence-corrected chi connectivity index (χ2v) is 5.66. The van der Waals surface area contributed by atoms with Crippen LogP contribution in [0.15, 0.2) is 53.6 Å². The third kappa shape index (κ3) is 2.09. The van der Waals surface area contributed by atoms with Crippen molar-refractivity contribution in [3.05, 3.63) is 59.7 Å². The molecular weight excluding hydrogens is 260 g/mol. The number of hydrazone groups is 1. The monoisotopic (exact) mass is 278 g/mol. The van der Waals surface area contributed by atoms with E-state index in [1.165, 1.54) is 23.3 Å². The SMILES string of the molecule is COc1ccc(N2C[C@H]3CCc4ccccc4C3=N2)cc1. The molecule has 0 bridgehead atoms. The summed E-state index contributed by atoms with van der Waals surface area (Å²) < 4.78 is 5.22. The Bertz CT molecular complexity index is 691. The lowest BCUT2D eigenvalue weighted by atomic mass is 9.83. The predicted octanol–water partition coefficient (Wildman–Crippen LogP) is 3.48. The van der Waals surface area contributed by atoms with E-state index < -0.39 is 0 Å². The first-order valence-electron chi connectivity index (χ1n) is 7.43. The summed E-state index contributed by atoms with van der Waals surface area (Å²) in [6, 6.07) is 16.8. The number of benzene rings is 2. The second kappa shape index (κ2) is 4.92. The molecule has 0 unspecified atom stereocenters. The Morgan fingerprint density at radius 1 is 1.10 bits per heavy atom. The highest BCUT2D eigenvalue weighted by Crippen LogP contribution is 2.33. The van der Waals surface area contributed by atoms with Crippen molar-refractivity contribution in [1.82, 2.24) is 0 Å². The molecule has 0 N–H and O–H groups in total. The minimum Gasteiger partial charge on any atom is -0.497 e. The molecule has 2 aliphatic rings. The number of rotatable bonds is 2. The summed E-state index contributed by atoms with van der Waals surface area (Å²) in [6.07, 6.45) is 2.36. The first kappa shape index (κ1) is 12.5. The topological polar surface area (TPSA) is 24.8 Å². The lowest BCUT2D eigenvalue weighted by Crippen LogP contribution is -2.24. The molecule has 0 saturated carbocycles. The highest BCUT2D eigenvalue weighted by Gasteiger charge is 2.32. The summed E-state index contributed by atoms with van der Waals surface area (Å²) in [5.74, 6) is 1.44. The lowest BCUT2D eigenvalue weighted by molar-refractivity contribution is 0.415. The molecule has 2 aromatic rings. The molecule has 106 valence electrons. The van der Waals surface area contributed by atoms with Gasteiger partial charge in [-0.15, -0.1) is 0 Å². The van der Waals surface area contributed by atoms with Gasteiger partial charge in [0.1, 0.15) is 5.75 Å². The van der Waals surface area contributed by atoms with E-state index in [1.54, 1.807) is 7.11 Å². The van der Waals surface area contributed by atoms with E-state index in [0.717, 1.165) is 24.4 Å². The van der Waals surface area contributed by atoms with Crippen LogP contribution in [0.1, 0.15) is 17.5 Å². The Labute approximate surface area is 124 Å². The van der Waals surface area contributed by atoms with Gasteiger partial charge in [0.05, 0.1) is 25.1 Å². The molecule has 1 heterocycles. The number of nitrogens with zero attached hydrogens (tertiary/aromatic N) is 2. The van der Waals surface area contributed by atoms with Crippen molar-refractivity contribution in [1.29, 1.82) is 0 Å². The minimum absolute atomic E-state index is 0.557. The molecule has 1 aliphatic heterocycles.